The molecule has 186 valence electrons. The fraction of sp³-hybridized carbons (Fsp3) is 0.280. The predicted octanol–water partition coefficient (Wildman–Crippen LogP) is 5.69. The van der Waals surface area contributed by atoms with Gasteiger partial charge in [0.1, 0.15) is 30.0 Å². The number of halogens is 4. The van der Waals surface area contributed by atoms with E-state index in [2.05, 4.69) is 10.1 Å². The number of hydrogen-bond acceptors (Lipinski definition) is 4. The Labute approximate surface area is 198 Å². The Morgan fingerprint density at radius 2 is 1.66 bits per heavy atom. The minimum atomic E-state index is -4.82. The number of carbonyl (C=O) groups is 2. The van der Waals surface area contributed by atoms with Crippen molar-refractivity contribution >= 4 is 22.6 Å². The maximum atomic E-state index is 13.7. The third kappa shape index (κ3) is 6.62. The van der Waals surface area contributed by atoms with Crippen LogP contribution < -0.4 is 14.8 Å². The number of ether oxygens (including phenoxy) is 2. The van der Waals surface area contributed by atoms with Crippen LogP contribution in [-0.4, -0.2) is 29.4 Å². The summed E-state index contributed by atoms with van der Waals surface area (Å²) in [5, 5.41) is 12.9. The fourth-order valence-electron chi connectivity index (χ4n) is 3.41. The number of benzene rings is 3. The molecular weight excluding hydrogens is 470 g/mol. The first-order chi connectivity index (χ1) is 16.2. The first-order valence-electron chi connectivity index (χ1n) is 10.5. The molecule has 0 spiro atoms. The number of alkyl halides is 3. The molecule has 0 unspecified atom stereocenters. The average molecular weight is 493 g/mol. The van der Waals surface area contributed by atoms with Gasteiger partial charge in [0.2, 0.25) is 0 Å². The lowest BCUT2D eigenvalue weighted by atomic mass is 9.86. The van der Waals surface area contributed by atoms with Crippen molar-refractivity contribution < 1.29 is 41.7 Å². The highest BCUT2D eigenvalue weighted by Crippen LogP contribution is 2.32. The zero-order chi connectivity index (χ0) is 26.0. The van der Waals surface area contributed by atoms with Crippen LogP contribution in [0.4, 0.5) is 17.6 Å². The first-order valence-corrected chi connectivity index (χ1v) is 10.5. The lowest BCUT2D eigenvalue weighted by Crippen LogP contribution is -2.49. The highest BCUT2D eigenvalue weighted by Gasteiger charge is 2.34. The van der Waals surface area contributed by atoms with Crippen LogP contribution in [0.2, 0.25) is 0 Å². The number of carbonyl (C=O) groups excluding carboxylic acids is 1. The monoisotopic (exact) mass is 493 g/mol. The molecule has 0 radical (unpaired) electrons. The summed E-state index contributed by atoms with van der Waals surface area (Å²) < 4.78 is 60.6. The zero-order valence-electron chi connectivity index (χ0n) is 19.1. The Bertz CT molecular complexity index is 1230. The summed E-state index contributed by atoms with van der Waals surface area (Å²) >= 11 is 0. The molecule has 10 heteroatoms. The molecular formula is C25H23F4NO5. The highest BCUT2D eigenvalue weighted by atomic mass is 19.4. The van der Waals surface area contributed by atoms with Crippen LogP contribution in [0.1, 0.15) is 36.7 Å². The number of aliphatic carboxylic acids is 1. The van der Waals surface area contributed by atoms with Crippen LogP contribution in [0.25, 0.3) is 10.8 Å². The van der Waals surface area contributed by atoms with Gasteiger partial charge in [0.05, 0.1) is 5.56 Å². The van der Waals surface area contributed by atoms with Crippen molar-refractivity contribution in [1.29, 1.82) is 0 Å². The normalized spacial score (nSPS) is 12.8. The minimum absolute atomic E-state index is 0.0247. The van der Waals surface area contributed by atoms with Gasteiger partial charge in [-0.05, 0) is 52.8 Å². The molecule has 0 aromatic heterocycles. The van der Waals surface area contributed by atoms with Gasteiger partial charge >= 0.3 is 12.3 Å². The molecule has 3 aromatic rings. The van der Waals surface area contributed by atoms with Gasteiger partial charge in [0.15, 0.2) is 0 Å². The molecule has 0 fully saturated rings. The topological polar surface area (TPSA) is 84.9 Å². The Morgan fingerprint density at radius 3 is 2.23 bits per heavy atom. The van der Waals surface area contributed by atoms with E-state index in [0.29, 0.717) is 16.3 Å². The van der Waals surface area contributed by atoms with E-state index in [0.717, 1.165) is 12.1 Å². The SMILES string of the molecule is CC(C)(C)[C@H](NC(=O)c1ccc2cc(F)ccc2c1OCc1ccc(OC(F)(F)F)cc1)C(=O)O. The highest BCUT2D eigenvalue weighted by molar-refractivity contribution is 6.05. The smallest absolute Gasteiger partial charge is 0.487 e. The summed E-state index contributed by atoms with van der Waals surface area (Å²) in [6.07, 6.45) is -4.82. The number of nitrogens with one attached hydrogen (secondary N) is 1. The van der Waals surface area contributed by atoms with Crippen molar-refractivity contribution in [2.75, 3.05) is 0 Å². The standard InChI is InChI=1S/C25H23F4NO5/c1-24(2,3)21(23(32)33)30-22(31)19-10-6-15-12-16(26)7-11-18(15)20(19)34-13-14-4-8-17(9-5-14)35-25(27,28)29/h4-12,21H,13H2,1-3H3,(H,30,31)(H,32,33)/t21-/m1/s1. The van der Waals surface area contributed by atoms with E-state index in [1.165, 1.54) is 42.5 Å². The van der Waals surface area contributed by atoms with Gasteiger partial charge in [-0.15, -0.1) is 13.2 Å². The molecule has 0 saturated carbocycles. The quantitative estimate of drug-likeness (QED) is 0.414. The van der Waals surface area contributed by atoms with E-state index in [4.69, 9.17) is 4.74 Å². The lowest BCUT2D eigenvalue weighted by Gasteiger charge is -2.28. The second-order valence-electron chi connectivity index (χ2n) is 8.90. The molecule has 35 heavy (non-hydrogen) atoms. The Hall–Kier alpha value is -3.82. The molecule has 1 amide bonds. The molecule has 0 saturated heterocycles. The van der Waals surface area contributed by atoms with Gasteiger partial charge in [0, 0.05) is 5.39 Å². The van der Waals surface area contributed by atoms with E-state index in [9.17, 15) is 32.3 Å². The summed E-state index contributed by atoms with van der Waals surface area (Å²) in [5.74, 6) is -2.74. The molecule has 3 aromatic carbocycles. The molecule has 0 aliphatic rings. The van der Waals surface area contributed by atoms with Crippen LogP contribution in [0, 0.1) is 11.2 Å². The summed E-state index contributed by atoms with van der Waals surface area (Å²) in [6.45, 7) is 4.86. The number of carboxylic acid groups (broad SMARTS) is 1. The molecule has 0 aliphatic carbocycles. The maximum absolute atomic E-state index is 13.7. The van der Waals surface area contributed by atoms with Crippen LogP contribution in [0.3, 0.4) is 0 Å². The van der Waals surface area contributed by atoms with Crippen molar-refractivity contribution in [1.82, 2.24) is 5.32 Å². The second kappa shape index (κ2) is 9.81. The van der Waals surface area contributed by atoms with E-state index >= 15 is 0 Å². The van der Waals surface area contributed by atoms with Gasteiger partial charge < -0.3 is 19.9 Å². The molecule has 0 aliphatic heterocycles. The summed E-state index contributed by atoms with van der Waals surface area (Å²) in [7, 11) is 0. The Kier molecular flexibility index (Phi) is 7.23. The number of carboxylic acids is 1. The third-order valence-electron chi connectivity index (χ3n) is 5.11. The van der Waals surface area contributed by atoms with Gasteiger partial charge in [0.25, 0.3) is 5.91 Å². The summed E-state index contributed by atoms with van der Waals surface area (Å²) in [4.78, 5) is 24.8. The van der Waals surface area contributed by atoms with Crippen LogP contribution in [-0.2, 0) is 11.4 Å². The number of fused-ring (bicyclic) bond motifs is 1. The van der Waals surface area contributed by atoms with Crippen molar-refractivity contribution in [2.45, 2.75) is 39.8 Å². The summed E-state index contributed by atoms with van der Waals surface area (Å²) in [6, 6.07) is 10.6. The van der Waals surface area contributed by atoms with Crippen molar-refractivity contribution in [3.63, 3.8) is 0 Å². The van der Waals surface area contributed by atoms with E-state index < -0.39 is 41.3 Å². The van der Waals surface area contributed by atoms with Crippen molar-refractivity contribution in [3.05, 3.63) is 71.5 Å². The Morgan fingerprint density at radius 1 is 1.00 bits per heavy atom. The number of rotatable bonds is 7. The van der Waals surface area contributed by atoms with Gasteiger partial charge in [-0.3, -0.25) is 4.79 Å². The van der Waals surface area contributed by atoms with Crippen LogP contribution in [0.15, 0.2) is 54.6 Å². The molecule has 2 N–H and O–H groups in total. The molecule has 6 nitrogen and oxygen atoms in total. The van der Waals surface area contributed by atoms with Gasteiger partial charge in [-0.2, -0.15) is 0 Å². The first kappa shape index (κ1) is 25.8. The van der Waals surface area contributed by atoms with Gasteiger partial charge in [-0.25, -0.2) is 9.18 Å². The second-order valence-corrected chi connectivity index (χ2v) is 8.90. The number of amides is 1. The maximum Gasteiger partial charge on any atom is 0.573 e. The fourth-order valence-corrected chi connectivity index (χ4v) is 3.41. The molecule has 1 atom stereocenters. The van der Waals surface area contributed by atoms with Crippen LogP contribution >= 0.6 is 0 Å². The number of hydrogen-bond donors (Lipinski definition) is 2. The predicted molar refractivity (Wildman–Crippen MR) is 120 cm³/mol. The van der Waals surface area contributed by atoms with E-state index in [1.54, 1.807) is 20.8 Å². The van der Waals surface area contributed by atoms with Gasteiger partial charge in [-0.1, -0.05) is 39.0 Å². The Balaban J connectivity index is 1.93. The molecule has 3 rings (SSSR count). The largest absolute Gasteiger partial charge is 0.573 e. The average Bonchev–Trinajstić information content (AvgIpc) is 2.74. The minimum Gasteiger partial charge on any atom is -0.487 e. The van der Waals surface area contributed by atoms with Crippen molar-refractivity contribution in [2.24, 2.45) is 5.41 Å². The van der Waals surface area contributed by atoms with E-state index in [1.807, 2.05) is 0 Å². The van der Waals surface area contributed by atoms with Crippen LogP contribution in [0.5, 0.6) is 11.5 Å². The lowest BCUT2D eigenvalue weighted by molar-refractivity contribution is -0.274. The van der Waals surface area contributed by atoms with Crippen molar-refractivity contribution in [3.8, 4) is 11.5 Å². The third-order valence-corrected chi connectivity index (χ3v) is 5.11. The molecule has 0 heterocycles. The van der Waals surface area contributed by atoms with E-state index in [-0.39, 0.29) is 17.9 Å². The summed E-state index contributed by atoms with van der Waals surface area (Å²) in [5.41, 5.74) is -0.289. The molecule has 0 bridgehead atoms. The zero-order valence-corrected chi connectivity index (χ0v) is 19.1.